The standard InChI is InChI=1S/C17H14N2/c1-12-4-6-14(9-16(12)11-18)8-15-7-5-13(2)17(10-15)19-3/h4-7,9-10H,8H2,1-2H3. The van der Waals surface area contributed by atoms with Crippen molar-refractivity contribution in [3.63, 3.8) is 0 Å². The van der Waals surface area contributed by atoms with E-state index >= 15 is 0 Å². The monoisotopic (exact) mass is 246 g/mol. The Balaban J connectivity index is 2.32. The zero-order chi connectivity index (χ0) is 13.8. The van der Waals surface area contributed by atoms with Gasteiger partial charge in [-0.1, -0.05) is 35.9 Å². The molecule has 2 aromatic carbocycles. The highest BCUT2D eigenvalue weighted by molar-refractivity contribution is 5.54. The normalized spacial score (nSPS) is 9.68. The zero-order valence-electron chi connectivity index (χ0n) is 11.1. The molecule has 0 aliphatic carbocycles. The smallest absolute Gasteiger partial charge is 0.190 e. The van der Waals surface area contributed by atoms with E-state index in [-0.39, 0.29) is 0 Å². The molecule has 0 aliphatic heterocycles. The lowest BCUT2D eigenvalue weighted by atomic mass is 9.99. The molecule has 0 unspecified atom stereocenters. The average Bonchev–Trinajstić information content (AvgIpc) is 2.43. The molecule has 2 rings (SSSR count). The van der Waals surface area contributed by atoms with E-state index in [9.17, 15) is 0 Å². The number of nitriles is 1. The van der Waals surface area contributed by atoms with Crippen LogP contribution in [0.5, 0.6) is 0 Å². The Bertz CT molecular complexity index is 639. The molecule has 2 aromatic rings. The van der Waals surface area contributed by atoms with Crippen molar-refractivity contribution in [2.75, 3.05) is 0 Å². The number of benzene rings is 2. The Morgan fingerprint density at radius 3 is 2.32 bits per heavy atom. The number of hydrogen-bond donors (Lipinski definition) is 0. The van der Waals surface area contributed by atoms with E-state index in [1.165, 1.54) is 0 Å². The van der Waals surface area contributed by atoms with Gasteiger partial charge in [0.2, 0.25) is 0 Å². The van der Waals surface area contributed by atoms with Gasteiger partial charge in [0.05, 0.1) is 18.2 Å². The van der Waals surface area contributed by atoms with Crippen molar-refractivity contribution in [3.8, 4) is 6.07 Å². The van der Waals surface area contributed by atoms with Gasteiger partial charge in [-0.25, -0.2) is 4.85 Å². The summed E-state index contributed by atoms with van der Waals surface area (Å²) >= 11 is 0. The summed E-state index contributed by atoms with van der Waals surface area (Å²) in [5.74, 6) is 0. The van der Waals surface area contributed by atoms with E-state index in [0.29, 0.717) is 5.69 Å². The average molecular weight is 246 g/mol. The van der Waals surface area contributed by atoms with Crippen molar-refractivity contribution in [2.24, 2.45) is 0 Å². The molecule has 0 saturated heterocycles. The van der Waals surface area contributed by atoms with E-state index in [0.717, 1.165) is 34.2 Å². The summed E-state index contributed by atoms with van der Waals surface area (Å²) in [7, 11) is 0. The highest BCUT2D eigenvalue weighted by Gasteiger charge is 2.03. The van der Waals surface area contributed by atoms with Crippen LogP contribution in [0.3, 0.4) is 0 Å². The molecule has 19 heavy (non-hydrogen) atoms. The van der Waals surface area contributed by atoms with E-state index in [2.05, 4.69) is 10.9 Å². The summed E-state index contributed by atoms with van der Waals surface area (Å²) in [5.41, 5.74) is 5.61. The molecule has 0 amide bonds. The molecule has 0 bridgehead atoms. The Morgan fingerprint density at radius 2 is 1.68 bits per heavy atom. The molecule has 0 heterocycles. The summed E-state index contributed by atoms with van der Waals surface area (Å²) in [5, 5.41) is 9.04. The fraction of sp³-hybridized carbons (Fsp3) is 0.176. The molecule has 0 saturated carbocycles. The predicted molar refractivity (Wildman–Crippen MR) is 76.1 cm³/mol. The van der Waals surface area contributed by atoms with E-state index in [1.807, 2.05) is 50.2 Å². The third kappa shape index (κ3) is 2.81. The van der Waals surface area contributed by atoms with Gasteiger partial charge in [-0.05, 0) is 43.0 Å². The molecule has 0 spiro atoms. The van der Waals surface area contributed by atoms with Crippen LogP contribution in [0, 0.1) is 31.8 Å². The quantitative estimate of drug-likeness (QED) is 0.725. The molecule has 2 heteroatoms. The Hall–Kier alpha value is -2.58. The first-order valence-electron chi connectivity index (χ1n) is 6.10. The minimum atomic E-state index is 0.699. The van der Waals surface area contributed by atoms with Crippen LogP contribution in [0.1, 0.15) is 27.8 Å². The molecule has 0 radical (unpaired) electrons. The largest absolute Gasteiger partial charge is 0.238 e. The van der Waals surface area contributed by atoms with Crippen molar-refractivity contribution in [1.29, 1.82) is 5.26 Å². The van der Waals surface area contributed by atoms with E-state index < -0.39 is 0 Å². The lowest BCUT2D eigenvalue weighted by Gasteiger charge is -2.06. The van der Waals surface area contributed by atoms with Crippen LogP contribution in [0.15, 0.2) is 36.4 Å². The van der Waals surface area contributed by atoms with E-state index in [4.69, 9.17) is 11.8 Å². The van der Waals surface area contributed by atoms with Crippen LogP contribution in [0.25, 0.3) is 4.85 Å². The molecular weight excluding hydrogens is 232 g/mol. The van der Waals surface area contributed by atoms with Gasteiger partial charge in [-0.3, -0.25) is 0 Å². The molecule has 0 atom stereocenters. The minimum Gasteiger partial charge on any atom is -0.238 e. The molecule has 92 valence electrons. The topological polar surface area (TPSA) is 28.1 Å². The van der Waals surface area contributed by atoms with Gasteiger partial charge in [0.25, 0.3) is 0 Å². The molecular formula is C17H14N2. The Kier molecular flexibility index (Phi) is 3.64. The molecule has 2 nitrogen and oxygen atoms in total. The first-order valence-corrected chi connectivity index (χ1v) is 6.10. The van der Waals surface area contributed by atoms with Gasteiger partial charge in [0.1, 0.15) is 0 Å². The van der Waals surface area contributed by atoms with Crippen molar-refractivity contribution in [1.82, 2.24) is 0 Å². The van der Waals surface area contributed by atoms with Gasteiger partial charge in [0.15, 0.2) is 5.69 Å². The third-order valence-corrected chi connectivity index (χ3v) is 3.22. The summed E-state index contributed by atoms with van der Waals surface area (Å²) in [4.78, 5) is 3.52. The van der Waals surface area contributed by atoms with Crippen molar-refractivity contribution < 1.29 is 0 Å². The third-order valence-electron chi connectivity index (χ3n) is 3.22. The van der Waals surface area contributed by atoms with Crippen LogP contribution in [0.2, 0.25) is 0 Å². The fourth-order valence-electron chi connectivity index (χ4n) is 2.02. The maximum Gasteiger partial charge on any atom is 0.190 e. The second-order valence-corrected chi connectivity index (χ2v) is 4.67. The van der Waals surface area contributed by atoms with Gasteiger partial charge >= 0.3 is 0 Å². The number of rotatable bonds is 2. The van der Waals surface area contributed by atoms with E-state index in [1.54, 1.807) is 0 Å². The van der Waals surface area contributed by atoms with Gasteiger partial charge in [-0.2, -0.15) is 5.26 Å². The molecule has 0 N–H and O–H groups in total. The first kappa shape index (κ1) is 12.9. The Morgan fingerprint density at radius 1 is 1.05 bits per heavy atom. The van der Waals surface area contributed by atoms with Crippen LogP contribution in [-0.4, -0.2) is 0 Å². The summed E-state index contributed by atoms with van der Waals surface area (Å²) in [6.45, 7) is 11.0. The first-order chi connectivity index (χ1) is 9.13. The van der Waals surface area contributed by atoms with Gasteiger partial charge in [-0.15, -0.1) is 0 Å². The number of aryl methyl sites for hydroxylation is 2. The van der Waals surface area contributed by atoms with Gasteiger partial charge in [0, 0.05) is 0 Å². The van der Waals surface area contributed by atoms with Crippen molar-refractivity contribution >= 4 is 5.69 Å². The lowest BCUT2D eigenvalue weighted by molar-refractivity contribution is 1.18. The highest BCUT2D eigenvalue weighted by atomic mass is 14.6. The maximum absolute atomic E-state index is 9.04. The number of hydrogen-bond acceptors (Lipinski definition) is 1. The summed E-state index contributed by atoms with van der Waals surface area (Å²) in [6.07, 6.45) is 0.748. The zero-order valence-corrected chi connectivity index (χ0v) is 11.1. The second-order valence-electron chi connectivity index (χ2n) is 4.67. The summed E-state index contributed by atoms with van der Waals surface area (Å²) < 4.78 is 0. The SMILES string of the molecule is [C-]#[N+]c1cc(Cc2ccc(C)c(C#N)c2)ccc1C. The second kappa shape index (κ2) is 5.38. The van der Waals surface area contributed by atoms with Gasteiger partial charge < -0.3 is 0 Å². The van der Waals surface area contributed by atoms with Crippen LogP contribution in [0.4, 0.5) is 5.69 Å². The van der Waals surface area contributed by atoms with Crippen LogP contribution < -0.4 is 0 Å². The molecule has 0 aliphatic rings. The molecule has 0 fully saturated rings. The highest BCUT2D eigenvalue weighted by Crippen LogP contribution is 2.22. The number of nitrogens with zero attached hydrogens (tertiary/aromatic N) is 2. The fourth-order valence-corrected chi connectivity index (χ4v) is 2.02. The van der Waals surface area contributed by atoms with Crippen LogP contribution >= 0.6 is 0 Å². The van der Waals surface area contributed by atoms with Crippen molar-refractivity contribution in [2.45, 2.75) is 20.3 Å². The molecule has 0 aromatic heterocycles. The Labute approximate surface area is 113 Å². The maximum atomic E-state index is 9.04. The van der Waals surface area contributed by atoms with Crippen LogP contribution in [-0.2, 0) is 6.42 Å². The minimum absolute atomic E-state index is 0.699. The lowest BCUT2D eigenvalue weighted by Crippen LogP contribution is -1.91. The predicted octanol–water partition coefficient (Wildman–Crippen LogP) is 4.32. The summed E-state index contributed by atoms with van der Waals surface area (Å²) in [6, 6.07) is 14.1. The van der Waals surface area contributed by atoms with Crippen molar-refractivity contribution in [3.05, 3.63) is 75.6 Å².